The summed E-state index contributed by atoms with van der Waals surface area (Å²) in [6, 6.07) is 18.7. The molecule has 220 valence electrons. The van der Waals surface area contributed by atoms with Crippen molar-refractivity contribution in [3.8, 4) is 0 Å². The van der Waals surface area contributed by atoms with E-state index in [0.717, 1.165) is 40.1 Å². The maximum Gasteiger partial charge on any atom is 0.244 e. The second kappa shape index (κ2) is 14.7. The normalized spacial score (nSPS) is 12.0. The van der Waals surface area contributed by atoms with Gasteiger partial charge in [-0.05, 0) is 60.7 Å². The molecule has 0 radical (unpaired) electrons. The van der Waals surface area contributed by atoms with Crippen LogP contribution >= 0.6 is 23.2 Å². The number of sulfonamides is 1. The Morgan fingerprint density at radius 1 is 0.976 bits per heavy atom. The van der Waals surface area contributed by atoms with Crippen molar-refractivity contribution in [2.24, 2.45) is 0 Å². The molecule has 2 amide bonds. The minimum atomic E-state index is -3.85. The molecule has 0 spiro atoms. The van der Waals surface area contributed by atoms with Crippen molar-refractivity contribution in [2.75, 3.05) is 23.7 Å². The molecule has 0 bridgehead atoms. The van der Waals surface area contributed by atoms with Crippen molar-refractivity contribution in [1.29, 1.82) is 0 Å². The molecule has 3 rings (SSSR count). The van der Waals surface area contributed by atoms with Crippen LogP contribution in [0, 0.1) is 13.8 Å². The molecule has 0 saturated carbocycles. The van der Waals surface area contributed by atoms with E-state index in [1.165, 1.54) is 4.90 Å². The lowest BCUT2D eigenvalue weighted by Crippen LogP contribution is -2.53. The molecule has 1 N–H and O–H groups in total. The monoisotopic (exact) mass is 617 g/mol. The van der Waals surface area contributed by atoms with Gasteiger partial charge in [-0.3, -0.25) is 13.9 Å². The zero-order valence-electron chi connectivity index (χ0n) is 23.9. The molecular weight excluding hydrogens is 581 g/mol. The predicted molar refractivity (Wildman–Crippen MR) is 167 cm³/mol. The lowest BCUT2D eigenvalue weighted by atomic mass is 10.0. The summed E-state index contributed by atoms with van der Waals surface area (Å²) in [6.45, 7) is 5.69. The van der Waals surface area contributed by atoms with Crippen LogP contribution in [0.5, 0.6) is 0 Å². The number of carbonyl (C=O) groups excluding carboxylic acids is 2. The molecule has 7 nitrogen and oxygen atoms in total. The zero-order chi connectivity index (χ0) is 30.2. The summed E-state index contributed by atoms with van der Waals surface area (Å²) in [6.07, 6.45) is 2.99. The fourth-order valence-electron chi connectivity index (χ4n) is 4.49. The highest BCUT2D eigenvalue weighted by atomic mass is 35.5. The highest BCUT2D eigenvalue weighted by molar-refractivity contribution is 7.92. The summed E-state index contributed by atoms with van der Waals surface area (Å²) < 4.78 is 27.1. The SMILES string of the molecule is CCCCNC(=O)[C@@H](Cc1ccccc1)N(Cc1ccc(Cl)cc1Cl)C(=O)CN(c1cccc(C)c1C)S(C)(=O)=O. The Morgan fingerprint density at radius 2 is 1.68 bits per heavy atom. The second-order valence-electron chi connectivity index (χ2n) is 10.1. The number of aryl methyl sites for hydroxylation is 1. The number of halogens is 2. The fourth-order valence-corrected chi connectivity index (χ4v) is 5.86. The summed E-state index contributed by atoms with van der Waals surface area (Å²) in [4.78, 5) is 29.3. The van der Waals surface area contributed by atoms with Gasteiger partial charge in [0.25, 0.3) is 0 Å². The predicted octanol–water partition coefficient (Wildman–Crippen LogP) is 5.93. The van der Waals surface area contributed by atoms with E-state index in [-0.39, 0.29) is 18.9 Å². The smallest absolute Gasteiger partial charge is 0.244 e. The minimum Gasteiger partial charge on any atom is -0.354 e. The van der Waals surface area contributed by atoms with Crippen molar-refractivity contribution >= 4 is 50.7 Å². The number of benzene rings is 3. The molecule has 0 aromatic heterocycles. The van der Waals surface area contributed by atoms with Crippen LogP contribution in [-0.2, 0) is 32.6 Å². The van der Waals surface area contributed by atoms with Crippen LogP contribution in [0.4, 0.5) is 5.69 Å². The number of anilines is 1. The number of nitrogens with one attached hydrogen (secondary N) is 1. The number of amides is 2. The van der Waals surface area contributed by atoms with Crippen molar-refractivity contribution in [1.82, 2.24) is 10.2 Å². The van der Waals surface area contributed by atoms with Gasteiger partial charge in [0, 0.05) is 29.6 Å². The van der Waals surface area contributed by atoms with Crippen LogP contribution in [0.15, 0.2) is 66.7 Å². The summed E-state index contributed by atoms with van der Waals surface area (Å²) in [5.41, 5.74) is 3.50. The standard InChI is InChI=1S/C31H37Cl2N3O4S/c1-5-6-17-34-31(38)29(18-24-12-8-7-9-13-24)35(20-25-15-16-26(32)19-27(25)33)30(37)21-36(41(4,39)40)28-14-10-11-22(2)23(28)3/h7-16,19,29H,5-6,17-18,20-21H2,1-4H3,(H,34,38)/t29-/m1/s1. The van der Waals surface area contributed by atoms with Gasteiger partial charge in [-0.1, -0.05) is 85.1 Å². The molecule has 3 aromatic rings. The Balaban J connectivity index is 2.09. The number of hydrogen-bond acceptors (Lipinski definition) is 4. The summed E-state index contributed by atoms with van der Waals surface area (Å²) in [5, 5.41) is 3.74. The van der Waals surface area contributed by atoms with Crippen LogP contribution < -0.4 is 9.62 Å². The third-order valence-electron chi connectivity index (χ3n) is 6.98. The Bertz CT molecular complexity index is 1470. The van der Waals surface area contributed by atoms with Crippen LogP contribution in [0.25, 0.3) is 0 Å². The Kier molecular flexibility index (Phi) is 11.6. The van der Waals surface area contributed by atoms with Crippen molar-refractivity contribution in [3.05, 3.63) is 99.0 Å². The third kappa shape index (κ3) is 8.96. The van der Waals surface area contributed by atoms with E-state index in [1.54, 1.807) is 30.3 Å². The maximum atomic E-state index is 14.2. The lowest BCUT2D eigenvalue weighted by molar-refractivity contribution is -0.140. The maximum absolute atomic E-state index is 14.2. The zero-order valence-corrected chi connectivity index (χ0v) is 26.2. The first-order valence-corrected chi connectivity index (χ1v) is 16.1. The molecule has 10 heteroatoms. The molecule has 0 unspecified atom stereocenters. The molecule has 0 aliphatic rings. The first-order chi connectivity index (χ1) is 19.4. The third-order valence-corrected chi connectivity index (χ3v) is 8.69. The molecule has 1 atom stereocenters. The van der Waals surface area contributed by atoms with Gasteiger partial charge in [0.2, 0.25) is 21.8 Å². The van der Waals surface area contributed by atoms with Gasteiger partial charge in [-0.15, -0.1) is 0 Å². The van der Waals surface area contributed by atoms with Gasteiger partial charge < -0.3 is 10.2 Å². The highest BCUT2D eigenvalue weighted by Crippen LogP contribution is 2.27. The van der Waals surface area contributed by atoms with E-state index in [2.05, 4.69) is 5.32 Å². The van der Waals surface area contributed by atoms with E-state index in [0.29, 0.717) is 27.8 Å². The van der Waals surface area contributed by atoms with E-state index >= 15 is 0 Å². The molecule has 0 fully saturated rings. The average molecular weight is 619 g/mol. The number of nitrogens with zero attached hydrogens (tertiary/aromatic N) is 2. The van der Waals surface area contributed by atoms with E-state index in [1.807, 2.05) is 57.2 Å². The largest absolute Gasteiger partial charge is 0.354 e. The van der Waals surface area contributed by atoms with E-state index in [9.17, 15) is 18.0 Å². The topological polar surface area (TPSA) is 86.8 Å². The van der Waals surface area contributed by atoms with Crippen LogP contribution in [0.3, 0.4) is 0 Å². The second-order valence-corrected chi connectivity index (χ2v) is 12.8. The Morgan fingerprint density at radius 3 is 2.32 bits per heavy atom. The van der Waals surface area contributed by atoms with E-state index < -0.39 is 28.5 Å². The summed E-state index contributed by atoms with van der Waals surface area (Å²) in [5.74, 6) is -0.854. The van der Waals surface area contributed by atoms with Gasteiger partial charge in [0.1, 0.15) is 12.6 Å². The van der Waals surface area contributed by atoms with Gasteiger partial charge in [-0.2, -0.15) is 0 Å². The fraction of sp³-hybridized carbons (Fsp3) is 0.355. The van der Waals surface area contributed by atoms with Crippen molar-refractivity contribution < 1.29 is 18.0 Å². The van der Waals surface area contributed by atoms with Crippen molar-refractivity contribution in [3.63, 3.8) is 0 Å². The molecule has 41 heavy (non-hydrogen) atoms. The molecule has 3 aromatic carbocycles. The minimum absolute atomic E-state index is 0.0159. The molecule has 0 aliphatic heterocycles. The number of hydrogen-bond donors (Lipinski definition) is 1. The van der Waals surface area contributed by atoms with Crippen molar-refractivity contribution in [2.45, 2.75) is 52.6 Å². The number of unbranched alkanes of at least 4 members (excludes halogenated alkanes) is 1. The molecule has 0 saturated heterocycles. The first-order valence-electron chi connectivity index (χ1n) is 13.5. The quantitative estimate of drug-likeness (QED) is 0.241. The highest BCUT2D eigenvalue weighted by Gasteiger charge is 2.33. The Hall–Kier alpha value is -3.07. The summed E-state index contributed by atoms with van der Waals surface area (Å²) in [7, 11) is -3.85. The van der Waals surface area contributed by atoms with E-state index in [4.69, 9.17) is 23.2 Å². The van der Waals surface area contributed by atoms with Crippen LogP contribution in [0.1, 0.15) is 42.0 Å². The molecular formula is C31H37Cl2N3O4S. The number of rotatable bonds is 13. The molecule has 0 heterocycles. The van der Waals surface area contributed by atoms with Crippen LogP contribution in [0.2, 0.25) is 10.0 Å². The van der Waals surface area contributed by atoms with Crippen LogP contribution in [-0.4, -0.2) is 50.5 Å². The van der Waals surface area contributed by atoms with Gasteiger partial charge in [0.15, 0.2) is 0 Å². The van der Waals surface area contributed by atoms with Gasteiger partial charge in [0.05, 0.1) is 11.9 Å². The average Bonchev–Trinajstić information content (AvgIpc) is 2.92. The van der Waals surface area contributed by atoms with Gasteiger partial charge >= 0.3 is 0 Å². The lowest BCUT2D eigenvalue weighted by Gasteiger charge is -2.34. The summed E-state index contributed by atoms with van der Waals surface area (Å²) >= 11 is 12.6. The first kappa shape index (κ1) is 32.4. The Labute approximate surface area is 253 Å². The number of carbonyl (C=O) groups is 2. The molecule has 0 aliphatic carbocycles. The van der Waals surface area contributed by atoms with Gasteiger partial charge in [-0.25, -0.2) is 8.42 Å².